The van der Waals surface area contributed by atoms with Gasteiger partial charge >= 0.3 is 0 Å². The summed E-state index contributed by atoms with van der Waals surface area (Å²) >= 11 is 0. The van der Waals surface area contributed by atoms with Gasteiger partial charge in [0.2, 0.25) is 6.79 Å². The molecule has 0 bridgehead atoms. The third-order valence-electron chi connectivity index (χ3n) is 3.85. The number of fused-ring (bicyclic) bond motifs is 1. The lowest BCUT2D eigenvalue weighted by molar-refractivity contribution is 0.173. The van der Waals surface area contributed by atoms with E-state index < -0.39 is 0 Å². The van der Waals surface area contributed by atoms with Crippen LogP contribution in [0.3, 0.4) is 0 Å². The van der Waals surface area contributed by atoms with Crippen molar-refractivity contribution in [1.29, 1.82) is 0 Å². The van der Waals surface area contributed by atoms with Crippen LogP contribution in [0.2, 0.25) is 0 Å². The highest BCUT2D eigenvalue weighted by Gasteiger charge is 2.13. The lowest BCUT2D eigenvalue weighted by Gasteiger charge is -2.07. The normalized spacial score (nSPS) is 12.3. The Bertz CT molecular complexity index is 814. The minimum absolute atomic E-state index is 0.280. The topological polar surface area (TPSA) is 45.5 Å². The van der Waals surface area contributed by atoms with Gasteiger partial charge in [-0.2, -0.15) is 5.10 Å². The lowest BCUT2D eigenvalue weighted by Crippen LogP contribution is -2.05. The number of nitrogens with zero attached hydrogens (tertiary/aromatic N) is 2. The summed E-state index contributed by atoms with van der Waals surface area (Å²) in [4.78, 5) is 0. The molecule has 2 aromatic carbocycles. The molecule has 1 aromatic heterocycles. The summed E-state index contributed by atoms with van der Waals surface area (Å²) in [5, 5.41) is 4.60. The van der Waals surface area contributed by atoms with Crippen molar-refractivity contribution >= 4 is 0 Å². The summed E-state index contributed by atoms with van der Waals surface area (Å²) in [7, 11) is 0. The fourth-order valence-corrected chi connectivity index (χ4v) is 2.63. The van der Waals surface area contributed by atoms with E-state index in [9.17, 15) is 0 Å². The molecule has 0 fully saturated rings. The van der Waals surface area contributed by atoms with Crippen LogP contribution in [0, 0.1) is 0 Å². The maximum absolute atomic E-state index is 5.77. The second kappa shape index (κ2) is 6.66. The van der Waals surface area contributed by atoms with Crippen molar-refractivity contribution in [1.82, 2.24) is 9.78 Å². The minimum Gasteiger partial charge on any atom is -0.493 e. The second-order valence-electron chi connectivity index (χ2n) is 5.55. The van der Waals surface area contributed by atoms with Crippen LogP contribution in [0.5, 0.6) is 17.2 Å². The van der Waals surface area contributed by atoms with E-state index in [1.165, 1.54) is 0 Å². The lowest BCUT2D eigenvalue weighted by atomic mass is 10.2. The molecule has 2 heterocycles. The van der Waals surface area contributed by atoms with E-state index in [0.717, 1.165) is 41.5 Å². The monoisotopic (exact) mass is 322 g/mol. The van der Waals surface area contributed by atoms with Crippen molar-refractivity contribution in [3.8, 4) is 28.5 Å². The first-order chi connectivity index (χ1) is 11.9. The first-order valence-corrected chi connectivity index (χ1v) is 8.00. The minimum atomic E-state index is 0.280. The molecule has 1 aliphatic heterocycles. The fourth-order valence-electron chi connectivity index (χ4n) is 2.63. The number of hydrogen-bond acceptors (Lipinski definition) is 4. The van der Waals surface area contributed by atoms with E-state index in [4.69, 9.17) is 14.2 Å². The van der Waals surface area contributed by atoms with Gasteiger partial charge in [-0.3, -0.25) is 4.68 Å². The zero-order chi connectivity index (χ0) is 16.2. The van der Waals surface area contributed by atoms with E-state index >= 15 is 0 Å². The Morgan fingerprint density at radius 3 is 2.79 bits per heavy atom. The van der Waals surface area contributed by atoms with Crippen molar-refractivity contribution in [2.45, 2.75) is 13.0 Å². The predicted molar refractivity (Wildman–Crippen MR) is 90.3 cm³/mol. The molecule has 3 aromatic rings. The summed E-state index contributed by atoms with van der Waals surface area (Å²) in [6, 6.07) is 17.9. The highest BCUT2D eigenvalue weighted by atomic mass is 16.7. The number of aromatic nitrogens is 2. The molecule has 0 saturated carbocycles. The van der Waals surface area contributed by atoms with Crippen LogP contribution >= 0.6 is 0 Å². The van der Waals surface area contributed by atoms with Crippen molar-refractivity contribution in [2.75, 3.05) is 13.4 Å². The molecule has 1 aliphatic rings. The summed E-state index contributed by atoms with van der Waals surface area (Å²) < 4.78 is 18.3. The van der Waals surface area contributed by atoms with Crippen LogP contribution < -0.4 is 14.2 Å². The summed E-state index contributed by atoms with van der Waals surface area (Å²) in [5.41, 5.74) is 2.13. The zero-order valence-corrected chi connectivity index (χ0v) is 13.2. The van der Waals surface area contributed by atoms with Crippen LogP contribution in [-0.2, 0) is 6.54 Å². The Hall–Kier alpha value is -2.95. The molecule has 0 atom stereocenters. The largest absolute Gasteiger partial charge is 0.493 e. The van der Waals surface area contributed by atoms with Crippen LogP contribution in [0.1, 0.15) is 6.42 Å². The van der Waals surface area contributed by atoms with Gasteiger partial charge in [-0.15, -0.1) is 0 Å². The van der Waals surface area contributed by atoms with E-state index in [2.05, 4.69) is 17.2 Å². The zero-order valence-electron chi connectivity index (χ0n) is 13.2. The van der Waals surface area contributed by atoms with Crippen molar-refractivity contribution < 1.29 is 14.2 Å². The van der Waals surface area contributed by atoms with Gasteiger partial charge in [0.15, 0.2) is 11.5 Å². The molecule has 0 N–H and O–H groups in total. The quantitative estimate of drug-likeness (QED) is 0.649. The van der Waals surface area contributed by atoms with Crippen molar-refractivity contribution in [2.24, 2.45) is 0 Å². The van der Waals surface area contributed by atoms with Crippen LogP contribution in [0.25, 0.3) is 11.3 Å². The van der Waals surface area contributed by atoms with Gasteiger partial charge in [0.05, 0.1) is 12.3 Å². The van der Waals surface area contributed by atoms with E-state index in [0.29, 0.717) is 6.61 Å². The maximum Gasteiger partial charge on any atom is 0.231 e. The van der Waals surface area contributed by atoms with E-state index in [-0.39, 0.29) is 6.79 Å². The predicted octanol–water partition coefficient (Wildman–Crippen LogP) is 3.75. The molecular weight excluding hydrogens is 304 g/mol. The second-order valence-corrected chi connectivity index (χ2v) is 5.55. The number of benzene rings is 2. The van der Waals surface area contributed by atoms with Crippen LogP contribution in [0.15, 0.2) is 60.8 Å². The molecule has 5 nitrogen and oxygen atoms in total. The summed E-state index contributed by atoms with van der Waals surface area (Å²) in [6.07, 6.45) is 2.88. The molecule has 0 unspecified atom stereocenters. The number of aryl methyl sites for hydroxylation is 1. The van der Waals surface area contributed by atoms with Crippen molar-refractivity contribution in [3.05, 3.63) is 60.8 Å². The first-order valence-electron chi connectivity index (χ1n) is 8.00. The maximum atomic E-state index is 5.77. The number of hydrogen-bond donors (Lipinski definition) is 0. The highest BCUT2D eigenvalue weighted by molar-refractivity contribution is 5.57. The Morgan fingerprint density at radius 1 is 1.00 bits per heavy atom. The Balaban J connectivity index is 1.28. The van der Waals surface area contributed by atoms with E-state index in [1.54, 1.807) is 0 Å². The molecule has 0 aliphatic carbocycles. The third-order valence-corrected chi connectivity index (χ3v) is 3.85. The standard InChI is InChI=1S/C19H18N2O3/c1-2-5-15(6-3-1)17-9-11-21(20-17)10-4-12-22-16-7-8-18-19(13-16)24-14-23-18/h1-3,5-9,11,13H,4,10,12,14H2. The molecule has 0 radical (unpaired) electrons. The molecule has 5 heteroatoms. The van der Waals surface area contributed by atoms with Gasteiger partial charge < -0.3 is 14.2 Å². The van der Waals surface area contributed by atoms with E-state index in [1.807, 2.05) is 53.3 Å². The molecule has 122 valence electrons. The van der Waals surface area contributed by atoms with Gasteiger partial charge in [-0.05, 0) is 18.2 Å². The number of ether oxygens (including phenoxy) is 3. The van der Waals surface area contributed by atoms with Gasteiger partial charge in [0, 0.05) is 30.8 Å². The molecule has 4 rings (SSSR count). The van der Waals surface area contributed by atoms with Gasteiger partial charge in [0.25, 0.3) is 0 Å². The number of rotatable bonds is 6. The first kappa shape index (κ1) is 14.6. The average Bonchev–Trinajstić information content (AvgIpc) is 3.28. The Morgan fingerprint density at radius 2 is 1.88 bits per heavy atom. The molecule has 24 heavy (non-hydrogen) atoms. The molecule has 0 saturated heterocycles. The summed E-state index contributed by atoms with van der Waals surface area (Å²) in [6.45, 7) is 1.72. The molecular formula is C19H18N2O3. The Labute approximate surface area is 140 Å². The van der Waals surface area contributed by atoms with Crippen molar-refractivity contribution in [3.63, 3.8) is 0 Å². The van der Waals surface area contributed by atoms with Gasteiger partial charge in [-0.25, -0.2) is 0 Å². The smallest absolute Gasteiger partial charge is 0.231 e. The van der Waals surface area contributed by atoms with Gasteiger partial charge in [0.1, 0.15) is 5.75 Å². The highest BCUT2D eigenvalue weighted by Crippen LogP contribution is 2.35. The average molecular weight is 322 g/mol. The molecule has 0 amide bonds. The SMILES string of the molecule is c1ccc(-c2ccn(CCCOc3ccc4c(c3)OCO4)n2)cc1. The van der Waals surface area contributed by atoms with Crippen LogP contribution in [0.4, 0.5) is 0 Å². The molecule has 0 spiro atoms. The summed E-state index contributed by atoms with van der Waals surface area (Å²) in [5.74, 6) is 2.31. The fraction of sp³-hybridized carbons (Fsp3) is 0.211. The third kappa shape index (κ3) is 3.20. The van der Waals surface area contributed by atoms with Crippen LogP contribution in [-0.4, -0.2) is 23.2 Å². The van der Waals surface area contributed by atoms with Gasteiger partial charge in [-0.1, -0.05) is 30.3 Å². The Kier molecular flexibility index (Phi) is 4.06.